The van der Waals surface area contributed by atoms with Gasteiger partial charge in [0.15, 0.2) is 0 Å². The van der Waals surface area contributed by atoms with Gasteiger partial charge in [0, 0.05) is 7.11 Å². The Morgan fingerprint density at radius 2 is 2.27 bits per heavy atom. The number of fused-ring (bicyclic) bond motifs is 1. The van der Waals surface area contributed by atoms with Gasteiger partial charge in [-0.25, -0.2) is 0 Å². The lowest BCUT2D eigenvalue weighted by Gasteiger charge is -2.08. The molecule has 1 N–H and O–H groups in total. The highest BCUT2D eigenvalue weighted by molar-refractivity contribution is 5.39. The molecule has 0 fully saturated rings. The Morgan fingerprint density at radius 1 is 1.40 bits per heavy atom. The van der Waals surface area contributed by atoms with Gasteiger partial charge in [-0.1, -0.05) is 6.07 Å². The highest BCUT2D eigenvalue weighted by Gasteiger charge is 2.20. The summed E-state index contributed by atoms with van der Waals surface area (Å²) in [6.45, 7) is 1.16. The van der Waals surface area contributed by atoms with Crippen molar-refractivity contribution in [2.45, 2.75) is 18.9 Å². The van der Waals surface area contributed by atoms with Crippen LogP contribution in [0.25, 0.3) is 0 Å². The number of ether oxygens (including phenoxy) is 2. The fourth-order valence-corrected chi connectivity index (χ4v) is 1.90. The largest absolute Gasteiger partial charge is 0.491 e. The first kappa shape index (κ1) is 10.5. The Bertz CT molecular complexity index is 336. The summed E-state index contributed by atoms with van der Waals surface area (Å²) < 4.78 is 10.4. The average Bonchev–Trinajstić information content (AvgIpc) is 2.61. The lowest BCUT2D eigenvalue weighted by molar-refractivity contribution is 0.146. The Morgan fingerprint density at radius 3 is 3.07 bits per heavy atom. The zero-order chi connectivity index (χ0) is 10.7. The molecule has 0 heterocycles. The van der Waals surface area contributed by atoms with Crippen molar-refractivity contribution in [2.75, 3.05) is 20.3 Å². The normalized spacial score (nSPS) is 18.9. The van der Waals surface area contributed by atoms with Crippen LogP contribution in [0.3, 0.4) is 0 Å². The van der Waals surface area contributed by atoms with E-state index < -0.39 is 0 Å². The van der Waals surface area contributed by atoms with Crippen LogP contribution in [-0.2, 0) is 11.2 Å². The van der Waals surface area contributed by atoms with Crippen LogP contribution >= 0.6 is 0 Å². The number of hydrogen-bond donors (Lipinski definition) is 1. The zero-order valence-corrected chi connectivity index (χ0v) is 8.90. The topological polar surface area (TPSA) is 38.7 Å². The molecule has 0 amide bonds. The SMILES string of the molecule is COCCOc1ccc2c(c1)CC[C@H]2O. The van der Waals surface area contributed by atoms with Crippen molar-refractivity contribution in [2.24, 2.45) is 0 Å². The summed E-state index contributed by atoms with van der Waals surface area (Å²) >= 11 is 0. The summed E-state index contributed by atoms with van der Waals surface area (Å²) in [7, 11) is 1.66. The number of methoxy groups -OCH3 is 1. The highest BCUT2D eigenvalue weighted by Crippen LogP contribution is 2.33. The van der Waals surface area contributed by atoms with Crippen molar-refractivity contribution in [3.8, 4) is 5.75 Å². The fourth-order valence-electron chi connectivity index (χ4n) is 1.90. The molecule has 0 unspecified atom stereocenters. The van der Waals surface area contributed by atoms with Gasteiger partial charge in [-0.3, -0.25) is 0 Å². The van der Waals surface area contributed by atoms with Gasteiger partial charge in [0.25, 0.3) is 0 Å². The standard InChI is InChI=1S/C12H16O3/c1-14-6-7-15-10-3-4-11-9(8-10)2-5-12(11)13/h3-4,8,12-13H,2,5-7H2,1H3/t12-/m1/s1. The second-order valence-electron chi connectivity index (χ2n) is 3.76. The molecule has 1 aromatic rings. The van der Waals surface area contributed by atoms with Crippen LogP contribution in [0.4, 0.5) is 0 Å². The molecule has 1 atom stereocenters. The molecule has 3 nitrogen and oxygen atoms in total. The molecule has 2 rings (SSSR count). The van der Waals surface area contributed by atoms with E-state index in [0.29, 0.717) is 13.2 Å². The van der Waals surface area contributed by atoms with Crippen molar-refractivity contribution < 1.29 is 14.6 Å². The summed E-state index contributed by atoms with van der Waals surface area (Å²) in [6.07, 6.45) is 1.49. The first-order valence-electron chi connectivity index (χ1n) is 5.24. The van der Waals surface area contributed by atoms with Crippen LogP contribution in [0.2, 0.25) is 0 Å². The van der Waals surface area contributed by atoms with E-state index in [1.165, 1.54) is 5.56 Å². The highest BCUT2D eigenvalue weighted by atomic mass is 16.5. The smallest absolute Gasteiger partial charge is 0.119 e. The van der Waals surface area contributed by atoms with Gasteiger partial charge in [-0.05, 0) is 36.1 Å². The van der Waals surface area contributed by atoms with E-state index in [9.17, 15) is 5.11 Å². The quantitative estimate of drug-likeness (QED) is 0.765. The minimum atomic E-state index is -0.284. The lowest BCUT2D eigenvalue weighted by Crippen LogP contribution is -2.04. The van der Waals surface area contributed by atoms with E-state index in [4.69, 9.17) is 9.47 Å². The summed E-state index contributed by atoms with van der Waals surface area (Å²) in [6, 6.07) is 5.87. The van der Waals surface area contributed by atoms with Gasteiger partial charge in [-0.2, -0.15) is 0 Å². The monoisotopic (exact) mass is 208 g/mol. The third-order valence-electron chi connectivity index (χ3n) is 2.72. The molecule has 1 aromatic carbocycles. The maximum Gasteiger partial charge on any atom is 0.119 e. The van der Waals surface area contributed by atoms with E-state index in [1.54, 1.807) is 7.11 Å². The van der Waals surface area contributed by atoms with Crippen molar-refractivity contribution in [1.82, 2.24) is 0 Å². The fraction of sp³-hybridized carbons (Fsp3) is 0.500. The Kier molecular flexibility index (Phi) is 3.23. The van der Waals surface area contributed by atoms with Gasteiger partial charge >= 0.3 is 0 Å². The van der Waals surface area contributed by atoms with Gasteiger partial charge in [0.2, 0.25) is 0 Å². The lowest BCUT2D eigenvalue weighted by atomic mass is 10.1. The molecule has 15 heavy (non-hydrogen) atoms. The number of hydrogen-bond acceptors (Lipinski definition) is 3. The molecule has 0 saturated carbocycles. The van der Waals surface area contributed by atoms with Crippen molar-refractivity contribution in [3.05, 3.63) is 29.3 Å². The van der Waals surface area contributed by atoms with E-state index in [1.807, 2.05) is 18.2 Å². The molecule has 0 bridgehead atoms. The molecule has 0 aliphatic heterocycles. The minimum absolute atomic E-state index is 0.284. The maximum atomic E-state index is 9.63. The Balaban J connectivity index is 2.03. The third-order valence-corrected chi connectivity index (χ3v) is 2.72. The number of aryl methyl sites for hydroxylation is 1. The second kappa shape index (κ2) is 4.64. The van der Waals surface area contributed by atoms with Crippen LogP contribution in [-0.4, -0.2) is 25.4 Å². The first-order chi connectivity index (χ1) is 7.31. The molecule has 0 saturated heterocycles. The van der Waals surface area contributed by atoms with Gasteiger partial charge in [0.05, 0.1) is 12.7 Å². The molecule has 3 heteroatoms. The van der Waals surface area contributed by atoms with Crippen LogP contribution in [0, 0.1) is 0 Å². The van der Waals surface area contributed by atoms with Crippen molar-refractivity contribution >= 4 is 0 Å². The maximum absolute atomic E-state index is 9.63. The van der Waals surface area contributed by atoms with Crippen molar-refractivity contribution in [1.29, 1.82) is 0 Å². The number of aliphatic hydroxyl groups is 1. The van der Waals surface area contributed by atoms with Crippen molar-refractivity contribution in [3.63, 3.8) is 0 Å². The molecular weight excluding hydrogens is 192 g/mol. The van der Waals surface area contributed by atoms with Crippen LogP contribution < -0.4 is 4.74 Å². The van der Waals surface area contributed by atoms with Gasteiger partial charge in [0.1, 0.15) is 12.4 Å². The summed E-state index contributed by atoms with van der Waals surface area (Å²) in [5, 5.41) is 9.63. The molecule has 1 aliphatic rings. The average molecular weight is 208 g/mol. The molecule has 1 aliphatic carbocycles. The minimum Gasteiger partial charge on any atom is -0.491 e. The Hall–Kier alpha value is -1.06. The van der Waals surface area contributed by atoms with Crippen LogP contribution in [0.1, 0.15) is 23.7 Å². The summed E-state index contributed by atoms with van der Waals surface area (Å²) in [4.78, 5) is 0. The van der Waals surface area contributed by atoms with E-state index >= 15 is 0 Å². The second-order valence-corrected chi connectivity index (χ2v) is 3.76. The van der Waals surface area contributed by atoms with Crippen LogP contribution in [0.15, 0.2) is 18.2 Å². The van der Waals surface area contributed by atoms with Gasteiger partial charge < -0.3 is 14.6 Å². The third kappa shape index (κ3) is 2.30. The number of rotatable bonds is 4. The molecule has 0 spiro atoms. The van der Waals surface area contributed by atoms with Crippen LogP contribution in [0.5, 0.6) is 5.75 Å². The Labute approximate surface area is 89.6 Å². The molecule has 0 aromatic heterocycles. The van der Waals surface area contributed by atoms with E-state index in [0.717, 1.165) is 24.2 Å². The van der Waals surface area contributed by atoms with E-state index in [2.05, 4.69) is 0 Å². The first-order valence-corrected chi connectivity index (χ1v) is 5.24. The molecular formula is C12H16O3. The number of benzene rings is 1. The predicted molar refractivity (Wildman–Crippen MR) is 57.1 cm³/mol. The summed E-state index contributed by atoms with van der Waals surface area (Å²) in [5.41, 5.74) is 2.26. The summed E-state index contributed by atoms with van der Waals surface area (Å²) in [5.74, 6) is 0.861. The number of aliphatic hydroxyl groups excluding tert-OH is 1. The van der Waals surface area contributed by atoms with Gasteiger partial charge in [-0.15, -0.1) is 0 Å². The van der Waals surface area contributed by atoms with E-state index in [-0.39, 0.29) is 6.10 Å². The molecule has 0 radical (unpaired) electrons. The molecule has 82 valence electrons. The zero-order valence-electron chi connectivity index (χ0n) is 8.90. The predicted octanol–water partition coefficient (Wildman–Crippen LogP) is 1.69.